The summed E-state index contributed by atoms with van der Waals surface area (Å²) in [5, 5.41) is 11.0. The largest absolute Gasteiger partial charge is 1.00 e. The number of carboxylic acids is 1. The number of aromatic amines is 1. The van der Waals surface area contributed by atoms with Crippen LogP contribution in [0, 0.1) is 0 Å². The minimum Gasteiger partial charge on any atom is -0.545 e. The fourth-order valence-corrected chi connectivity index (χ4v) is 2.11. The second-order valence-electron chi connectivity index (χ2n) is 4.39. The van der Waals surface area contributed by atoms with Gasteiger partial charge in [0.2, 0.25) is 0 Å². The minimum atomic E-state index is -1.42. The average Bonchev–Trinajstić information content (AvgIpc) is 2.85. The number of rotatable bonds is 3. The number of carbonyl (C=O) groups excluding carboxylic acids is 2. The SMILES string of the molecule is O=C([O-])c1ccccc1C(=O)c1ccc2oc(=O)[nH]c2c1.[Na+]. The van der Waals surface area contributed by atoms with Gasteiger partial charge < -0.3 is 14.3 Å². The maximum absolute atomic E-state index is 12.4. The molecule has 0 aliphatic rings. The molecule has 1 heterocycles. The van der Waals surface area contributed by atoms with Gasteiger partial charge in [0.05, 0.1) is 11.5 Å². The summed E-state index contributed by atoms with van der Waals surface area (Å²) in [6.07, 6.45) is 0. The predicted octanol–water partition coefficient (Wildman–Crippen LogP) is -2.28. The first-order chi connectivity index (χ1) is 10.1. The molecule has 0 amide bonds. The molecule has 6 nitrogen and oxygen atoms in total. The number of H-pyrrole nitrogens is 1. The number of aromatic nitrogens is 1. The molecule has 22 heavy (non-hydrogen) atoms. The molecule has 0 atom stereocenters. The summed E-state index contributed by atoms with van der Waals surface area (Å²) in [6.45, 7) is 0. The van der Waals surface area contributed by atoms with Gasteiger partial charge in [-0.3, -0.25) is 9.78 Å². The van der Waals surface area contributed by atoms with Crippen molar-refractivity contribution in [3.05, 3.63) is 69.7 Å². The Balaban J connectivity index is 0.00000176. The van der Waals surface area contributed by atoms with Crippen LogP contribution in [0.1, 0.15) is 26.3 Å². The quantitative estimate of drug-likeness (QED) is 0.434. The zero-order valence-corrected chi connectivity index (χ0v) is 13.6. The number of aromatic carboxylic acids is 1. The van der Waals surface area contributed by atoms with Crippen molar-refractivity contribution in [2.24, 2.45) is 0 Å². The first-order valence-electron chi connectivity index (χ1n) is 6.04. The Morgan fingerprint density at radius 3 is 2.41 bits per heavy atom. The van der Waals surface area contributed by atoms with Gasteiger partial charge in [0.25, 0.3) is 0 Å². The number of benzene rings is 2. The van der Waals surface area contributed by atoms with Gasteiger partial charge in [0.15, 0.2) is 11.4 Å². The van der Waals surface area contributed by atoms with Crippen LogP contribution >= 0.6 is 0 Å². The van der Waals surface area contributed by atoms with Gasteiger partial charge in [0, 0.05) is 16.7 Å². The van der Waals surface area contributed by atoms with Crippen LogP contribution in [0.25, 0.3) is 11.1 Å². The molecule has 0 saturated heterocycles. The molecule has 0 bridgehead atoms. The Bertz CT molecular complexity index is 925. The number of nitrogens with one attached hydrogen (secondary N) is 1. The molecule has 104 valence electrons. The van der Waals surface area contributed by atoms with Gasteiger partial charge in [-0.2, -0.15) is 0 Å². The molecule has 3 rings (SSSR count). The van der Waals surface area contributed by atoms with Gasteiger partial charge in [-0.1, -0.05) is 24.3 Å². The average molecular weight is 305 g/mol. The Morgan fingerprint density at radius 2 is 1.73 bits per heavy atom. The number of ketones is 1. The van der Waals surface area contributed by atoms with Crippen LogP contribution in [-0.2, 0) is 0 Å². The number of carbonyl (C=O) groups is 2. The monoisotopic (exact) mass is 305 g/mol. The predicted molar refractivity (Wildman–Crippen MR) is 71.0 cm³/mol. The molecular formula is C15H8NNaO5. The number of hydrogen-bond donors (Lipinski definition) is 1. The molecule has 0 fully saturated rings. The van der Waals surface area contributed by atoms with Crippen molar-refractivity contribution in [2.75, 3.05) is 0 Å². The standard InChI is InChI=1S/C15H9NO5.Na/c17-13(9-3-1-2-4-10(9)14(18)19)8-5-6-12-11(7-8)16-15(20)21-12;/h1-7H,(H,16,20)(H,18,19);/q;+1/p-1. The molecule has 2 aromatic carbocycles. The van der Waals surface area contributed by atoms with E-state index in [1.54, 1.807) is 6.07 Å². The maximum atomic E-state index is 12.4. The number of oxazole rings is 1. The normalized spacial score (nSPS) is 10.2. The van der Waals surface area contributed by atoms with Crippen LogP contribution in [0.4, 0.5) is 0 Å². The fraction of sp³-hybridized carbons (Fsp3) is 0. The van der Waals surface area contributed by atoms with Crippen LogP contribution in [0.15, 0.2) is 51.7 Å². The van der Waals surface area contributed by atoms with Gasteiger partial charge >= 0.3 is 35.3 Å². The maximum Gasteiger partial charge on any atom is 1.00 e. The van der Waals surface area contributed by atoms with E-state index < -0.39 is 17.5 Å². The van der Waals surface area contributed by atoms with Crippen molar-refractivity contribution in [3.63, 3.8) is 0 Å². The molecule has 3 aromatic rings. The van der Waals surface area contributed by atoms with Crippen molar-refractivity contribution >= 4 is 22.9 Å². The topological polar surface area (TPSA) is 103 Å². The van der Waals surface area contributed by atoms with E-state index in [1.165, 1.54) is 36.4 Å². The second kappa shape index (κ2) is 6.31. The third kappa shape index (κ3) is 2.89. The molecule has 0 aliphatic heterocycles. The molecule has 1 aromatic heterocycles. The van der Waals surface area contributed by atoms with Crippen LogP contribution in [0.2, 0.25) is 0 Å². The van der Waals surface area contributed by atoms with E-state index in [4.69, 9.17) is 4.42 Å². The Kier molecular flexibility index (Phi) is 4.65. The smallest absolute Gasteiger partial charge is 0.545 e. The third-order valence-electron chi connectivity index (χ3n) is 3.07. The first-order valence-corrected chi connectivity index (χ1v) is 6.04. The van der Waals surface area contributed by atoms with Gasteiger partial charge in [-0.05, 0) is 18.2 Å². The van der Waals surface area contributed by atoms with E-state index in [9.17, 15) is 19.5 Å². The number of hydrogen-bond acceptors (Lipinski definition) is 5. The van der Waals surface area contributed by atoms with E-state index in [0.717, 1.165) is 0 Å². The molecule has 0 unspecified atom stereocenters. The summed E-state index contributed by atoms with van der Waals surface area (Å²) in [7, 11) is 0. The molecule has 0 aliphatic carbocycles. The molecule has 0 saturated carbocycles. The molecule has 1 N–H and O–H groups in total. The van der Waals surface area contributed by atoms with Crippen LogP contribution < -0.4 is 40.4 Å². The van der Waals surface area contributed by atoms with Gasteiger partial charge in [-0.15, -0.1) is 0 Å². The zero-order valence-electron chi connectivity index (χ0n) is 11.6. The van der Waals surface area contributed by atoms with E-state index >= 15 is 0 Å². The minimum absolute atomic E-state index is 0. The Hall–Kier alpha value is -2.15. The van der Waals surface area contributed by atoms with Crippen LogP contribution in [0.5, 0.6) is 0 Å². The number of carboxylic acid groups (broad SMARTS) is 1. The first kappa shape index (κ1) is 16.2. The van der Waals surface area contributed by atoms with Crippen LogP contribution in [-0.4, -0.2) is 16.7 Å². The van der Waals surface area contributed by atoms with Crippen molar-refractivity contribution in [3.8, 4) is 0 Å². The van der Waals surface area contributed by atoms with Crippen LogP contribution in [0.3, 0.4) is 0 Å². The Labute approximate surface area is 146 Å². The molecular weight excluding hydrogens is 297 g/mol. The second-order valence-corrected chi connectivity index (χ2v) is 4.39. The van der Waals surface area contributed by atoms with Gasteiger partial charge in [-0.25, -0.2) is 4.79 Å². The van der Waals surface area contributed by atoms with E-state index in [1.807, 2.05) is 0 Å². The molecule has 7 heteroatoms. The summed E-state index contributed by atoms with van der Waals surface area (Å²) in [4.78, 5) is 37.0. The molecule has 0 radical (unpaired) electrons. The fourth-order valence-electron chi connectivity index (χ4n) is 2.11. The van der Waals surface area contributed by atoms with E-state index in [2.05, 4.69) is 4.98 Å². The van der Waals surface area contributed by atoms with E-state index in [0.29, 0.717) is 11.1 Å². The van der Waals surface area contributed by atoms with Crippen molar-refractivity contribution in [2.45, 2.75) is 0 Å². The van der Waals surface area contributed by atoms with E-state index in [-0.39, 0.29) is 46.2 Å². The summed E-state index contributed by atoms with van der Waals surface area (Å²) in [6, 6.07) is 10.2. The number of fused-ring (bicyclic) bond motifs is 1. The van der Waals surface area contributed by atoms with Crippen molar-refractivity contribution in [1.82, 2.24) is 4.98 Å². The van der Waals surface area contributed by atoms with Crippen molar-refractivity contribution < 1.29 is 48.7 Å². The summed E-state index contributed by atoms with van der Waals surface area (Å²) in [5.74, 6) is -2.51. The van der Waals surface area contributed by atoms with Crippen molar-refractivity contribution in [1.29, 1.82) is 0 Å². The molecule has 0 spiro atoms. The third-order valence-corrected chi connectivity index (χ3v) is 3.07. The summed E-state index contributed by atoms with van der Waals surface area (Å²) in [5.41, 5.74) is 0.792. The Morgan fingerprint density at radius 1 is 1.05 bits per heavy atom. The summed E-state index contributed by atoms with van der Waals surface area (Å²) >= 11 is 0. The zero-order chi connectivity index (χ0) is 15.0. The van der Waals surface area contributed by atoms with Gasteiger partial charge in [0.1, 0.15) is 0 Å². The summed E-state index contributed by atoms with van der Waals surface area (Å²) < 4.78 is 4.84.